The van der Waals surface area contributed by atoms with E-state index in [0.29, 0.717) is 0 Å². The molecular formula is C9H10BrIN2. The predicted molar refractivity (Wildman–Crippen MR) is 67.0 cm³/mol. The van der Waals surface area contributed by atoms with Crippen molar-refractivity contribution in [2.24, 2.45) is 0 Å². The molecule has 2 heterocycles. The molecule has 70 valence electrons. The fourth-order valence-corrected chi connectivity index (χ4v) is 1.79. The molecule has 0 amide bonds. The molecule has 0 atom stereocenters. The minimum Gasteiger partial charge on any atom is -0.294 e. The van der Waals surface area contributed by atoms with Gasteiger partial charge in [-0.05, 0) is 50.7 Å². The molecule has 0 aliphatic heterocycles. The summed E-state index contributed by atoms with van der Waals surface area (Å²) in [4.78, 5) is 4.19. The van der Waals surface area contributed by atoms with Crippen LogP contribution in [0.5, 0.6) is 0 Å². The average Bonchev–Trinajstić information content (AvgIpc) is 2.52. The van der Waals surface area contributed by atoms with Crippen molar-refractivity contribution in [2.75, 3.05) is 0 Å². The Morgan fingerprint density at radius 3 is 2.77 bits per heavy atom. The summed E-state index contributed by atoms with van der Waals surface area (Å²) in [7, 11) is 0. The Morgan fingerprint density at radius 1 is 1.38 bits per heavy atom. The Labute approximate surface area is 99.6 Å². The second-order valence-electron chi connectivity index (χ2n) is 2.16. The molecule has 2 aromatic heterocycles. The van der Waals surface area contributed by atoms with Crippen LogP contribution in [0.1, 0.15) is 13.8 Å². The molecule has 2 rings (SSSR count). The van der Waals surface area contributed by atoms with E-state index < -0.39 is 0 Å². The lowest BCUT2D eigenvalue weighted by Crippen LogP contribution is -1.84. The number of fused-ring (bicyclic) bond motifs is 1. The largest absolute Gasteiger partial charge is 0.294 e. The van der Waals surface area contributed by atoms with Gasteiger partial charge in [-0.1, -0.05) is 13.8 Å². The summed E-state index contributed by atoms with van der Waals surface area (Å²) in [6, 6.07) is 3.96. The molecule has 0 N–H and O–H groups in total. The van der Waals surface area contributed by atoms with Crippen LogP contribution >= 0.6 is 38.5 Å². The predicted octanol–water partition coefficient (Wildman–Crippen LogP) is 3.73. The van der Waals surface area contributed by atoms with E-state index in [2.05, 4.69) is 43.5 Å². The first kappa shape index (κ1) is 11.0. The first-order valence-corrected chi connectivity index (χ1v) is 5.92. The molecule has 2 nitrogen and oxygen atoms in total. The van der Waals surface area contributed by atoms with Gasteiger partial charge in [-0.3, -0.25) is 4.40 Å². The molecule has 4 heteroatoms. The molecule has 2 aromatic rings. The Bertz CT molecular complexity index is 397. The topological polar surface area (TPSA) is 17.3 Å². The van der Waals surface area contributed by atoms with Crippen LogP contribution in [0.3, 0.4) is 0 Å². The van der Waals surface area contributed by atoms with Crippen LogP contribution in [0.4, 0.5) is 0 Å². The molecular weight excluding hydrogens is 343 g/mol. The van der Waals surface area contributed by atoms with E-state index in [9.17, 15) is 0 Å². The fourth-order valence-electron chi connectivity index (χ4n) is 0.925. The summed E-state index contributed by atoms with van der Waals surface area (Å²) in [5.74, 6) is 0. The molecule has 0 bridgehead atoms. The van der Waals surface area contributed by atoms with E-state index in [1.54, 1.807) is 0 Å². The zero-order valence-corrected chi connectivity index (χ0v) is 11.2. The molecule has 0 aliphatic rings. The zero-order valence-electron chi connectivity index (χ0n) is 7.46. The second-order valence-corrected chi connectivity index (χ2v) is 4.18. The number of nitrogens with zero attached hydrogens (tertiary/aromatic N) is 2. The van der Waals surface area contributed by atoms with E-state index in [4.69, 9.17) is 0 Å². The van der Waals surface area contributed by atoms with Crippen LogP contribution in [0.2, 0.25) is 0 Å². The quantitative estimate of drug-likeness (QED) is 0.660. The summed E-state index contributed by atoms with van der Waals surface area (Å²) in [5.41, 5.74) is 0.984. The number of pyridine rings is 1. The summed E-state index contributed by atoms with van der Waals surface area (Å²) in [6.07, 6.45) is 3.85. The van der Waals surface area contributed by atoms with Crippen LogP contribution in [-0.4, -0.2) is 9.38 Å². The van der Waals surface area contributed by atoms with E-state index in [0.717, 1.165) is 13.8 Å². The van der Waals surface area contributed by atoms with Crippen molar-refractivity contribution in [2.45, 2.75) is 13.8 Å². The van der Waals surface area contributed by atoms with E-state index in [-0.39, 0.29) is 0 Å². The molecule has 0 saturated carbocycles. The highest BCUT2D eigenvalue weighted by Gasteiger charge is 1.98. The average molecular weight is 353 g/mol. The molecule has 0 fully saturated rings. The molecule has 0 radical (unpaired) electrons. The van der Waals surface area contributed by atoms with Crippen LogP contribution in [0, 0.1) is 3.70 Å². The van der Waals surface area contributed by atoms with E-state index in [1.165, 1.54) is 0 Å². The maximum absolute atomic E-state index is 4.19. The Balaban J connectivity index is 0.000000396. The lowest BCUT2D eigenvalue weighted by Gasteiger charge is -1.94. The maximum atomic E-state index is 4.19. The van der Waals surface area contributed by atoms with Gasteiger partial charge in [0.05, 0.1) is 6.20 Å². The Kier molecular flexibility index (Phi) is 4.18. The summed E-state index contributed by atoms with van der Waals surface area (Å²) in [6.45, 7) is 4.00. The Hall–Kier alpha value is -0.100. The highest BCUT2D eigenvalue weighted by Crippen LogP contribution is 2.14. The first-order valence-electron chi connectivity index (χ1n) is 4.05. The SMILES string of the molecule is Brc1ccc2ncc(I)n2c1.CC. The van der Waals surface area contributed by atoms with Gasteiger partial charge in [0.15, 0.2) is 0 Å². The number of halogens is 2. The van der Waals surface area contributed by atoms with Gasteiger partial charge in [0.2, 0.25) is 0 Å². The van der Waals surface area contributed by atoms with Gasteiger partial charge < -0.3 is 0 Å². The van der Waals surface area contributed by atoms with Crippen molar-refractivity contribution in [3.05, 3.63) is 32.7 Å². The fraction of sp³-hybridized carbons (Fsp3) is 0.222. The molecule has 0 aliphatic carbocycles. The van der Waals surface area contributed by atoms with Gasteiger partial charge in [0, 0.05) is 10.7 Å². The highest BCUT2D eigenvalue weighted by atomic mass is 127. The highest BCUT2D eigenvalue weighted by molar-refractivity contribution is 14.1. The Morgan fingerprint density at radius 2 is 2.08 bits per heavy atom. The minimum absolute atomic E-state index is 0.984. The third-order valence-electron chi connectivity index (χ3n) is 1.42. The van der Waals surface area contributed by atoms with Gasteiger partial charge in [-0.15, -0.1) is 0 Å². The minimum atomic E-state index is 0.984. The summed E-state index contributed by atoms with van der Waals surface area (Å²) >= 11 is 5.65. The van der Waals surface area contributed by atoms with Crippen LogP contribution < -0.4 is 0 Å². The van der Waals surface area contributed by atoms with Crippen molar-refractivity contribution >= 4 is 44.2 Å². The normalized spacial score (nSPS) is 9.54. The zero-order chi connectivity index (χ0) is 9.84. The summed E-state index contributed by atoms with van der Waals surface area (Å²) < 4.78 is 4.23. The lowest BCUT2D eigenvalue weighted by atomic mass is 10.5. The standard InChI is InChI=1S/C7H4BrIN2.C2H6/c8-5-1-2-7-10-3-6(9)11(7)4-5;1-2/h1-4H;1-2H3. The van der Waals surface area contributed by atoms with Gasteiger partial charge >= 0.3 is 0 Å². The number of aromatic nitrogens is 2. The van der Waals surface area contributed by atoms with Gasteiger partial charge in [-0.25, -0.2) is 4.98 Å². The van der Waals surface area contributed by atoms with Crippen LogP contribution in [0.15, 0.2) is 29.0 Å². The molecule has 0 spiro atoms. The van der Waals surface area contributed by atoms with E-state index >= 15 is 0 Å². The lowest BCUT2D eigenvalue weighted by molar-refractivity contribution is 1.14. The van der Waals surface area contributed by atoms with Crippen molar-refractivity contribution in [3.63, 3.8) is 0 Å². The summed E-state index contributed by atoms with van der Waals surface area (Å²) in [5, 5.41) is 0. The van der Waals surface area contributed by atoms with Crippen molar-refractivity contribution in [1.82, 2.24) is 9.38 Å². The van der Waals surface area contributed by atoms with Crippen molar-refractivity contribution < 1.29 is 0 Å². The number of imidazole rings is 1. The second kappa shape index (κ2) is 4.95. The van der Waals surface area contributed by atoms with E-state index in [1.807, 2.05) is 42.8 Å². The molecule has 0 unspecified atom stereocenters. The van der Waals surface area contributed by atoms with Crippen molar-refractivity contribution in [3.8, 4) is 0 Å². The molecule has 13 heavy (non-hydrogen) atoms. The monoisotopic (exact) mass is 352 g/mol. The third kappa shape index (κ3) is 2.43. The van der Waals surface area contributed by atoms with Gasteiger partial charge in [0.25, 0.3) is 0 Å². The number of hydrogen-bond donors (Lipinski definition) is 0. The number of rotatable bonds is 0. The van der Waals surface area contributed by atoms with Gasteiger partial charge in [-0.2, -0.15) is 0 Å². The maximum Gasteiger partial charge on any atom is 0.137 e. The van der Waals surface area contributed by atoms with Crippen molar-refractivity contribution in [1.29, 1.82) is 0 Å². The van der Waals surface area contributed by atoms with Crippen LogP contribution in [-0.2, 0) is 0 Å². The van der Waals surface area contributed by atoms with Gasteiger partial charge in [0.1, 0.15) is 9.35 Å². The first-order chi connectivity index (χ1) is 6.27. The smallest absolute Gasteiger partial charge is 0.137 e. The third-order valence-corrected chi connectivity index (χ3v) is 2.69. The van der Waals surface area contributed by atoms with Crippen LogP contribution in [0.25, 0.3) is 5.65 Å². The molecule has 0 saturated heterocycles. The number of hydrogen-bond acceptors (Lipinski definition) is 1. The molecule has 0 aromatic carbocycles.